The Morgan fingerprint density at radius 2 is 1.82 bits per heavy atom. The molecule has 0 radical (unpaired) electrons. The predicted molar refractivity (Wildman–Crippen MR) is 72.7 cm³/mol. The van der Waals surface area contributed by atoms with E-state index in [9.17, 15) is 5.11 Å². The monoisotopic (exact) mass is 253 g/mol. The summed E-state index contributed by atoms with van der Waals surface area (Å²) in [5.74, 6) is 0. The largest absolute Gasteiger partial charge is 0.391 e. The first-order valence-electron chi connectivity index (χ1n) is 6.08. The summed E-state index contributed by atoms with van der Waals surface area (Å²) in [6.45, 7) is 7.37. The number of β-amino-alcohol motifs (C(OH)–C–C–N with tert-alkyl or cyclic N) is 1. The van der Waals surface area contributed by atoms with Crippen molar-refractivity contribution in [3.63, 3.8) is 0 Å². The van der Waals surface area contributed by atoms with Crippen molar-refractivity contribution in [2.45, 2.75) is 39.3 Å². The minimum atomic E-state index is -0.227. The molecule has 2 nitrogen and oxygen atoms in total. The third-order valence-electron chi connectivity index (χ3n) is 3.44. The third kappa shape index (κ3) is 2.75. The molecule has 94 valence electrons. The zero-order valence-electron chi connectivity index (χ0n) is 10.7. The van der Waals surface area contributed by atoms with Gasteiger partial charge in [0, 0.05) is 23.3 Å². The average Bonchev–Trinajstić information content (AvgIpc) is 2.61. The highest BCUT2D eigenvalue weighted by Crippen LogP contribution is 2.36. The first-order valence-corrected chi connectivity index (χ1v) is 6.46. The smallest absolute Gasteiger partial charge is 0.0735 e. The quantitative estimate of drug-likeness (QED) is 0.830. The van der Waals surface area contributed by atoms with Gasteiger partial charge in [0.2, 0.25) is 0 Å². The molecule has 1 aliphatic rings. The van der Waals surface area contributed by atoms with Crippen molar-refractivity contribution >= 4 is 17.3 Å². The molecule has 1 unspecified atom stereocenters. The summed E-state index contributed by atoms with van der Waals surface area (Å²) in [5.41, 5.74) is 1.31. The van der Waals surface area contributed by atoms with Crippen LogP contribution in [0.25, 0.3) is 0 Å². The molecule has 2 atom stereocenters. The van der Waals surface area contributed by atoms with Crippen molar-refractivity contribution in [2.75, 3.05) is 11.4 Å². The van der Waals surface area contributed by atoms with Gasteiger partial charge in [-0.15, -0.1) is 0 Å². The van der Waals surface area contributed by atoms with E-state index in [1.807, 2.05) is 24.3 Å². The van der Waals surface area contributed by atoms with E-state index in [-0.39, 0.29) is 11.5 Å². The van der Waals surface area contributed by atoms with Gasteiger partial charge in [0.05, 0.1) is 6.10 Å². The first kappa shape index (κ1) is 12.7. The van der Waals surface area contributed by atoms with Crippen molar-refractivity contribution in [1.82, 2.24) is 0 Å². The number of benzene rings is 1. The van der Waals surface area contributed by atoms with Crippen molar-refractivity contribution in [1.29, 1.82) is 0 Å². The van der Waals surface area contributed by atoms with E-state index in [2.05, 4.69) is 25.7 Å². The molecule has 1 saturated heterocycles. The number of hydrogen-bond donors (Lipinski definition) is 1. The van der Waals surface area contributed by atoms with Gasteiger partial charge in [0.25, 0.3) is 0 Å². The van der Waals surface area contributed by atoms with Crippen LogP contribution in [0.3, 0.4) is 0 Å². The molecule has 0 aromatic heterocycles. The fourth-order valence-electron chi connectivity index (χ4n) is 2.55. The number of rotatable bonds is 1. The van der Waals surface area contributed by atoms with Crippen molar-refractivity contribution in [2.24, 2.45) is 5.41 Å². The van der Waals surface area contributed by atoms with Crippen LogP contribution in [0, 0.1) is 5.41 Å². The Kier molecular flexibility index (Phi) is 3.37. The van der Waals surface area contributed by atoms with Crippen LogP contribution in [0.1, 0.15) is 27.2 Å². The van der Waals surface area contributed by atoms with Crippen molar-refractivity contribution < 1.29 is 5.11 Å². The third-order valence-corrected chi connectivity index (χ3v) is 3.69. The lowest BCUT2D eigenvalue weighted by Crippen LogP contribution is -2.39. The summed E-state index contributed by atoms with van der Waals surface area (Å²) in [6, 6.07) is 8.24. The molecule has 0 amide bonds. The normalized spacial score (nSPS) is 25.4. The van der Waals surface area contributed by atoms with Gasteiger partial charge in [-0.05, 0) is 36.1 Å². The van der Waals surface area contributed by atoms with Gasteiger partial charge in [0.15, 0.2) is 0 Å². The van der Waals surface area contributed by atoms with Crippen LogP contribution in [0.2, 0.25) is 5.02 Å². The number of aliphatic hydroxyl groups excluding tert-OH is 1. The van der Waals surface area contributed by atoms with Crippen LogP contribution in [0.4, 0.5) is 5.69 Å². The summed E-state index contributed by atoms with van der Waals surface area (Å²) in [5, 5.41) is 10.6. The number of hydrogen-bond acceptors (Lipinski definition) is 2. The van der Waals surface area contributed by atoms with Gasteiger partial charge in [0.1, 0.15) is 0 Å². The topological polar surface area (TPSA) is 23.5 Å². The fraction of sp³-hybridized carbons (Fsp3) is 0.571. The molecule has 0 aliphatic carbocycles. The Labute approximate surface area is 108 Å². The molecule has 2 rings (SSSR count). The molecule has 1 aliphatic heterocycles. The maximum Gasteiger partial charge on any atom is 0.0735 e. The Morgan fingerprint density at radius 3 is 2.35 bits per heavy atom. The molecule has 1 aromatic rings. The van der Waals surface area contributed by atoms with Crippen LogP contribution >= 0.6 is 11.6 Å². The van der Waals surface area contributed by atoms with Gasteiger partial charge in [-0.1, -0.05) is 32.4 Å². The second-order valence-corrected chi connectivity index (χ2v) is 6.34. The second kappa shape index (κ2) is 4.51. The van der Waals surface area contributed by atoms with Crippen LogP contribution in [-0.2, 0) is 0 Å². The van der Waals surface area contributed by atoms with Gasteiger partial charge >= 0.3 is 0 Å². The molecule has 1 N–H and O–H groups in total. The first-order chi connectivity index (χ1) is 7.88. The Morgan fingerprint density at radius 1 is 1.24 bits per heavy atom. The zero-order valence-corrected chi connectivity index (χ0v) is 11.4. The predicted octanol–water partition coefficient (Wildman–Crippen LogP) is 3.33. The number of nitrogens with zero attached hydrogens (tertiary/aromatic N) is 1. The number of aliphatic hydroxyl groups is 1. The highest BCUT2D eigenvalue weighted by Gasteiger charge is 2.38. The van der Waals surface area contributed by atoms with Crippen LogP contribution in [-0.4, -0.2) is 23.8 Å². The van der Waals surface area contributed by atoms with Crippen LogP contribution < -0.4 is 4.90 Å². The Balaban J connectivity index is 2.27. The maximum atomic E-state index is 9.88. The van der Waals surface area contributed by atoms with E-state index in [4.69, 9.17) is 11.6 Å². The molecule has 0 bridgehead atoms. The summed E-state index contributed by atoms with van der Waals surface area (Å²) in [6.07, 6.45) is 0.612. The minimum absolute atomic E-state index is 0.164. The second-order valence-electron chi connectivity index (χ2n) is 5.90. The van der Waals surface area contributed by atoms with Crippen molar-refractivity contribution in [3.05, 3.63) is 29.3 Å². The van der Waals surface area contributed by atoms with E-state index >= 15 is 0 Å². The molecular weight excluding hydrogens is 234 g/mol. The molecule has 1 aromatic carbocycles. The maximum absolute atomic E-state index is 9.88. The van der Waals surface area contributed by atoms with Crippen LogP contribution in [0.5, 0.6) is 0 Å². The molecule has 1 heterocycles. The standard InChI is InChI=1S/C14H20ClNO/c1-14(2,3)13-8-12(17)9-16(13)11-6-4-10(15)5-7-11/h4-7,12-13,17H,8-9H2,1-3H3/t12-,13?/m1/s1. The van der Waals surface area contributed by atoms with Crippen molar-refractivity contribution in [3.8, 4) is 0 Å². The van der Waals surface area contributed by atoms with E-state index in [1.54, 1.807) is 0 Å². The summed E-state index contributed by atoms with van der Waals surface area (Å²) in [7, 11) is 0. The summed E-state index contributed by atoms with van der Waals surface area (Å²) in [4.78, 5) is 2.29. The molecule has 0 saturated carbocycles. The van der Waals surface area contributed by atoms with E-state index in [0.29, 0.717) is 12.6 Å². The van der Waals surface area contributed by atoms with E-state index in [1.165, 1.54) is 0 Å². The number of halogens is 1. The summed E-state index contributed by atoms with van der Waals surface area (Å²) >= 11 is 5.91. The average molecular weight is 254 g/mol. The lowest BCUT2D eigenvalue weighted by Gasteiger charge is -2.36. The van der Waals surface area contributed by atoms with Gasteiger partial charge in [-0.2, -0.15) is 0 Å². The molecule has 3 heteroatoms. The molecular formula is C14H20ClNO. The van der Waals surface area contributed by atoms with Gasteiger partial charge < -0.3 is 10.0 Å². The molecule has 0 spiro atoms. The van der Waals surface area contributed by atoms with Crippen LogP contribution in [0.15, 0.2) is 24.3 Å². The van der Waals surface area contributed by atoms with Gasteiger partial charge in [-0.25, -0.2) is 0 Å². The number of anilines is 1. The lowest BCUT2D eigenvalue weighted by atomic mass is 9.85. The zero-order chi connectivity index (χ0) is 12.6. The molecule has 17 heavy (non-hydrogen) atoms. The SMILES string of the molecule is CC(C)(C)C1C[C@@H](O)CN1c1ccc(Cl)cc1. The Bertz CT molecular complexity index is 382. The van der Waals surface area contributed by atoms with Gasteiger partial charge in [-0.3, -0.25) is 0 Å². The minimum Gasteiger partial charge on any atom is -0.391 e. The summed E-state index contributed by atoms with van der Waals surface area (Å²) < 4.78 is 0. The fourth-order valence-corrected chi connectivity index (χ4v) is 2.68. The van der Waals surface area contributed by atoms with E-state index in [0.717, 1.165) is 17.1 Å². The highest BCUT2D eigenvalue weighted by atomic mass is 35.5. The molecule has 1 fully saturated rings. The highest BCUT2D eigenvalue weighted by molar-refractivity contribution is 6.30. The Hall–Kier alpha value is -0.730. The van der Waals surface area contributed by atoms with E-state index < -0.39 is 0 Å². The lowest BCUT2D eigenvalue weighted by molar-refractivity contribution is 0.182.